The summed E-state index contributed by atoms with van der Waals surface area (Å²) in [6.07, 6.45) is 5.37. The molecule has 1 atom stereocenters. The molecule has 0 amide bonds. The molecule has 2 aromatic carbocycles. The third kappa shape index (κ3) is 2.76. The monoisotopic (exact) mass is 357 g/mol. The summed E-state index contributed by atoms with van der Waals surface area (Å²) < 4.78 is 7.84. The maximum Gasteiger partial charge on any atom is 0.209 e. The first kappa shape index (κ1) is 16.9. The number of hydrogen-bond acceptors (Lipinski definition) is 4. The van der Waals surface area contributed by atoms with Crippen molar-refractivity contribution < 1.29 is 9.53 Å². The van der Waals surface area contributed by atoms with E-state index < -0.39 is 0 Å². The number of rotatable bonds is 4. The molecule has 2 heterocycles. The van der Waals surface area contributed by atoms with Crippen LogP contribution in [0.25, 0.3) is 11.0 Å². The van der Waals surface area contributed by atoms with Crippen LogP contribution >= 0.6 is 0 Å². The maximum atomic E-state index is 12.6. The molecule has 27 heavy (non-hydrogen) atoms. The van der Waals surface area contributed by atoms with Crippen LogP contribution in [0.2, 0.25) is 0 Å². The molecule has 0 saturated carbocycles. The van der Waals surface area contributed by atoms with Gasteiger partial charge in [-0.2, -0.15) is 0 Å². The second-order valence-corrected chi connectivity index (χ2v) is 6.45. The number of hydrogen-bond donors (Lipinski definition) is 1. The van der Waals surface area contributed by atoms with Crippen LogP contribution in [0.15, 0.2) is 59.8 Å². The lowest BCUT2D eigenvalue weighted by atomic mass is 9.92. The van der Waals surface area contributed by atoms with Crippen molar-refractivity contribution in [3.8, 4) is 18.1 Å². The van der Waals surface area contributed by atoms with Crippen molar-refractivity contribution in [1.82, 2.24) is 9.55 Å². The number of ketones is 1. The SMILES string of the molecule is C#CCOc1ccccc1C1C(C(C)=O)=C(C)Nc2nc3ccccc3n21. The fraction of sp³-hybridized carbons (Fsp3) is 0.182. The van der Waals surface area contributed by atoms with Crippen molar-refractivity contribution in [2.75, 3.05) is 11.9 Å². The van der Waals surface area contributed by atoms with Crippen LogP contribution in [-0.2, 0) is 4.79 Å². The molecule has 0 spiro atoms. The number of para-hydroxylation sites is 3. The first-order chi connectivity index (χ1) is 13.1. The van der Waals surface area contributed by atoms with Crippen molar-refractivity contribution >= 4 is 22.8 Å². The molecule has 5 nitrogen and oxygen atoms in total. The lowest BCUT2D eigenvalue weighted by molar-refractivity contribution is -0.114. The third-order valence-electron chi connectivity index (χ3n) is 4.73. The number of carbonyl (C=O) groups is 1. The molecule has 0 radical (unpaired) electrons. The highest BCUT2D eigenvalue weighted by molar-refractivity contribution is 5.97. The molecule has 3 aromatic rings. The van der Waals surface area contributed by atoms with Crippen molar-refractivity contribution in [1.29, 1.82) is 0 Å². The van der Waals surface area contributed by atoms with Gasteiger partial charge >= 0.3 is 0 Å². The van der Waals surface area contributed by atoms with E-state index in [0.29, 0.717) is 17.3 Å². The van der Waals surface area contributed by atoms with Crippen LogP contribution in [0.1, 0.15) is 25.5 Å². The Bertz CT molecular complexity index is 1120. The zero-order valence-corrected chi connectivity index (χ0v) is 15.2. The molecule has 4 rings (SSSR count). The molecule has 5 heteroatoms. The summed E-state index contributed by atoms with van der Waals surface area (Å²) >= 11 is 0. The molecule has 1 unspecified atom stereocenters. The average Bonchev–Trinajstić information content (AvgIpc) is 3.03. The predicted octanol–water partition coefficient (Wildman–Crippen LogP) is 3.93. The van der Waals surface area contributed by atoms with Gasteiger partial charge in [0.1, 0.15) is 12.4 Å². The van der Waals surface area contributed by atoms with Gasteiger partial charge in [-0.15, -0.1) is 6.42 Å². The van der Waals surface area contributed by atoms with Crippen LogP contribution in [-0.4, -0.2) is 21.9 Å². The van der Waals surface area contributed by atoms with Gasteiger partial charge in [0.25, 0.3) is 0 Å². The highest BCUT2D eigenvalue weighted by Crippen LogP contribution is 2.42. The average molecular weight is 357 g/mol. The van der Waals surface area contributed by atoms with Gasteiger partial charge < -0.3 is 10.1 Å². The van der Waals surface area contributed by atoms with Gasteiger partial charge in [-0.3, -0.25) is 9.36 Å². The Hall–Kier alpha value is -3.52. The van der Waals surface area contributed by atoms with Crippen LogP contribution in [0.4, 0.5) is 5.95 Å². The minimum Gasteiger partial charge on any atom is -0.481 e. The van der Waals surface area contributed by atoms with Crippen LogP contribution < -0.4 is 10.1 Å². The first-order valence-corrected chi connectivity index (χ1v) is 8.72. The van der Waals surface area contributed by atoms with Crippen LogP contribution in [0, 0.1) is 12.3 Å². The number of benzene rings is 2. The number of fused-ring (bicyclic) bond motifs is 3. The Morgan fingerprint density at radius 2 is 2.00 bits per heavy atom. The molecule has 0 saturated heterocycles. The van der Waals surface area contributed by atoms with Gasteiger partial charge in [0, 0.05) is 16.8 Å². The van der Waals surface area contributed by atoms with Crippen molar-refractivity contribution in [3.05, 3.63) is 65.4 Å². The molecule has 1 aromatic heterocycles. The zero-order valence-electron chi connectivity index (χ0n) is 15.2. The van der Waals surface area contributed by atoms with Crippen molar-refractivity contribution in [2.45, 2.75) is 19.9 Å². The van der Waals surface area contributed by atoms with E-state index in [1.54, 1.807) is 6.92 Å². The summed E-state index contributed by atoms with van der Waals surface area (Å²) in [4.78, 5) is 17.3. The Balaban J connectivity index is 2.00. The molecule has 134 valence electrons. The number of imidazole rings is 1. The van der Waals surface area contributed by atoms with E-state index in [0.717, 1.165) is 22.3 Å². The molecule has 0 fully saturated rings. The summed E-state index contributed by atoms with van der Waals surface area (Å²) in [5.74, 6) is 3.87. The highest BCUT2D eigenvalue weighted by Gasteiger charge is 2.33. The van der Waals surface area contributed by atoms with E-state index in [4.69, 9.17) is 16.1 Å². The number of carbonyl (C=O) groups excluding carboxylic acids is 1. The van der Waals surface area contributed by atoms with Gasteiger partial charge in [-0.05, 0) is 32.0 Å². The largest absolute Gasteiger partial charge is 0.481 e. The Labute approximate surface area is 157 Å². The van der Waals surface area contributed by atoms with Gasteiger partial charge in [-0.25, -0.2) is 4.98 Å². The van der Waals surface area contributed by atoms with Gasteiger partial charge in [0.15, 0.2) is 5.78 Å². The summed E-state index contributed by atoms with van der Waals surface area (Å²) in [5, 5.41) is 3.28. The summed E-state index contributed by atoms with van der Waals surface area (Å²) in [6.45, 7) is 3.65. The quantitative estimate of drug-likeness (QED) is 0.719. The fourth-order valence-corrected chi connectivity index (χ4v) is 3.67. The number of aromatic nitrogens is 2. The first-order valence-electron chi connectivity index (χ1n) is 8.72. The van der Waals surface area contributed by atoms with Gasteiger partial charge in [-0.1, -0.05) is 36.3 Å². The summed E-state index contributed by atoms with van der Waals surface area (Å²) in [6, 6.07) is 15.2. The Kier molecular flexibility index (Phi) is 4.17. The number of anilines is 1. The lowest BCUT2D eigenvalue weighted by Crippen LogP contribution is -2.27. The van der Waals surface area contributed by atoms with E-state index in [1.807, 2.05) is 55.5 Å². The number of Topliss-reactive ketones (excluding diaryl/α,β-unsaturated/α-hetero) is 1. The molecule has 0 aliphatic carbocycles. The van der Waals surface area contributed by atoms with E-state index in [2.05, 4.69) is 15.8 Å². The second-order valence-electron chi connectivity index (χ2n) is 6.45. The Morgan fingerprint density at radius 3 is 2.78 bits per heavy atom. The number of terminal acetylenes is 1. The van der Waals surface area contributed by atoms with E-state index in [-0.39, 0.29) is 18.4 Å². The molecule has 1 aliphatic heterocycles. The minimum absolute atomic E-state index is 0.000170. The fourth-order valence-electron chi connectivity index (χ4n) is 3.67. The highest BCUT2D eigenvalue weighted by atomic mass is 16.5. The normalized spacial score (nSPS) is 15.8. The van der Waals surface area contributed by atoms with Crippen LogP contribution in [0.5, 0.6) is 5.75 Å². The van der Waals surface area contributed by atoms with Gasteiger partial charge in [0.2, 0.25) is 5.95 Å². The summed E-state index contributed by atoms with van der Waals surface area (Å²) in [7, 11) is 0. The summed E-state index contributed by atoms with van der Waals surface area (Å²) in [5.41, 5.74) is 4.17. The van der Waals surface area contributed by atoms with Crippen molar-refractivity contribution in [2.24, 2.45) is 0 Å². The smallest absolute Gasteiger partial charge is 0.209 e. The molecular formula is C22H19N3O2. The standard InChI is InChI=1S/C22H19N3O2/c1-4-13-27-19-12-8-5-9-16(19)21-20(15(3)26)14(2)23-22-24-17-10-6-7-11-18(17)25(21)22/h1,5-12,21H,13H2,2-3H3,(H,23,24). The number of nitrogens with one attached hydrogen (secondary N) is 1. The Morgan fingerprint density at radius 1 is 1.26 bits per heavy atom. The molecule has 1 N–H and O–H groups in total. The topological polar surface area (TPSA) is 56.1 Å². The zero-order chi connectivity index (χ0) is 19.0. The van der Waals surface area contributed by atoms with Crippen molar-refractivity contribution in [3.63, 3.8) is 0 Å². The molecular weight excluding hydrogens is 338 g/mol. The molecule has 1 aliphatic rings. The maximum absolute atomic E-state index is 12.6. The van der Waals surface area contributed by atoms with E-state index in [1.165, 1.54) is 0 Å². The van der Waals surface area contributed by atoms with E-state index in [9.17, 15) is 4.79 Å². The third-order valence-corrected chi connectivity index (χ3v) is 4.73. The van der Waals surface area contributed by atoms with Gasteiger partial charge in [0.05, 0.1) is 17.1 Å². The minimum atomic E-state index is -0.347. The van der Waals surface area contributed by atoms with Crippen LogP contribution in [0.3, 0.4) is 0 Å². The number of nitrogens with zero attached hydrogens (tertiary/aromatic N) is 2. The predicted molar refractivity (Wildman–Crippen MR) is 106 cm³/mol. The number of ether oxygens (including phenoxy) is 1. The number of allylic oxidation sites excluding steroid dienone is 2. The molecule has 0 bridgehead atoms. The lowest BCUT2D eigenvalue weighted by Gasteiger charge is -2.31. The second kappa shape index (κ2) is 6.65. The van der Waals surface area contributed by atoms with E-state index >= 15 is 0 Å².